The molecule has 0 saturated carbocycles. The molecule has 2 rings (SSSR count). The summed E-state index contributed by atoms with van der Waals surface area (Å²) in [6.07, 6.45) is 1.71. The number of halogens is 1. The molecule has 1 heterocycles. The number of benzene rings is 1. The molecule has 2 N–H and O–H groups in total. The van der Waals surface area contributed by atoms with Crippen molar-refractivity contribution in [2.24, 2.45) is 5.73 Å². The molecule has 1 aromatic heterocycles. The molecule has 0 spiro atoms. The highest BCUT2D eigenvalue weighted by molar-refractivity contribution is 6.30. The van der Waals surface area contributed by atoms with Crippen LogP contribution in [0.25, 0.3) is 0 Å². The highest BCUT2D eigenvalue weighted by Gasteiger charge is 2.02. The van der Waals surface area contributed by atoms with E-state index in [9.17, 15) is 0 Å². The second-order valence-electron chi connectivity index (χ2n) is 3.57. The summed E-state index contributed by atoms with van der Waals surface area (Å²) in [5.74, 6) is 0.727. The molecule has 2 aromatic rings. The fourth-order valence-corrected chi connectivity index (χ4v) is 1.58. The van der Waals surface area contributed by atoms with Crippen LogP contribution in [0.1, 0.15) is 11.3 Å². The lowest BCUT2D eigenvalue weighted by Crippen LogP contribution is -2.04. The lowest BCUT2D eigenvalue weighted by molar-refractivity contribution is 0.301. The Bertz CT molecular complexity index is 485. The number of hydrogen-bond acceptors (Lipinski definition) is 3. The Balaban J connectivity index is 2.04. The standard InChI is InChI=1S/C13H13ClN2O/c14-11-5-3-10(4-6-11)9-17-13-2-1-7-16-12(13)8-15/h1-7H,8-9,15H2. The van der Waals surface area contributed by atoms with Crippen LogP contribution >= 0.6 is 11.6 Å². The summed E-state index contributed by atoms with van der Waals surface area (Å²) in [6, 6.07) is 11.2. The van der Waals surface area contributed by atoms with Gasteiger partial charge >= 0.3 is 0 Å². The molecule has 88 valence electrons. The van der Waals surface area contributed by atoms with Gasteiger partial charge in [-0.25, -0.2) is 0 Å². The smallest absolute Gasteiger partial charge is 0.142 e. The molecule has 1 aromatic carbocycles. The minimum Gasteiger partial charge on any atom is -0.487 e. The predicted octanol–water partition coefficient (Wildman–Crippen LogP) is 2.77. The van der Waals surface area contributed by atoms with Crippen molar-refractivity contribution in [2.75, 3.05) is 0 Å². The molecule has 0 aliphatic heterocycles. The van der Waals surface area contributed by atoms with E-state index in [0.29, 0.717) is 13.2 Å². The van der Waals surface area contributed by atoms with E-state index in [1.165, 1.54) is 0 Å². The molecule has 0 radical (unpaired) electrons. The molecule has 0 fully saturated rings. The SMILES string of the molecule is NCc1ncccc1OCc1ccc(Cl)cc1. The number of nitrogens with zero attached hydrogens (tertiary/aromatic N) is 1. The van der Waals surface area contributed by atoms with Gasteiger partial charge in [0, 0.05) is 17.8 Å². The molecule has 0 unspecified atom stereocenters. The number of aromatic nitrogens is 1. The van der Waals surface area contributed by atoms with E-state index < -0.39 is 0 Å². The first-order valence-corrected chi connectivity index (χ1v) is 5.68. The van der Waals surface area contributed by atoms with Crippen molar-refractivity contribution in [3.8, 4) is 5.75 Å². The highest BCUT2D eigenvalue weighted by Crippen LogP contribution is 2.17. The second-order valence-corrected chi connectivity index (χ2v) is 4.00. The average Bonchev–Trinajstić information content (AvgIpc) is 2.38. The van der Waals surface area contributed by atoms with Gasteiger partial charge in [-0.05, 0) is 29.8 Å². The van der Waals surface area contributed by atoms with Gasteiger partial charge in [-0.1, -0.05) is 23.7 Å². The van der Waals surface area contributed by atoms with E-state index in [-0.39, 0.29) is 0 Å². The molecular weight excluding hydrogens is 236 g/mol. The largest absolute Gasteiger partial charge is 0.487 e. The van der Waals surface area contributed by atoms with Crippen LogP contribution < -0.4 is 10.5 Å². The molecule has 0 saturated heterocycles. The lowest BCUT2D eigenvalue weighted by Gasteiger charge is -2.09. The Morgan fingerprint density at radius 2 is 1.94 bits per heavy atom. The molecule has 0 amide bonds. The zero-order chi connectivity index (χ0) is 12.1. The zero-order valence-corrected chi connectivity index (χ0v) is 10.0. The van der Waals surface area contributed by atoms with Crippen LogP contribution in [0.4, 0.5) is 0 Å². The molecular formula is C13H13ClN2O. The van der Waals surface area contributed by atoms with Gasteiger partial charge in [0.25, 0.3) is 0 Å². The van der Waals surface area contributed by atoms with E-state index in [4.69, 9.17) is 22.1 Å². The first kappa shape index (κ1) is 11.9. The maximum Gasteiger partial charge on any atom is 0.142 e. The molecule has 0 aliphatic rings. The van der Waals surface area contributed by atoms with Gasteiger partial charge in [0.2, 0.25) is 0 Å². The Morgan fingerprint density at radius 1 is 1.18 bits per heavy atom. The third kappa shape index (κ3) is 3.19. The van der Waals surface area contributed by atoms with Crippen LogP contribution in [0.3, 0.4) is 0 Å². The van der Waals surface area contributed by atoms with Crippen molar-refractivity contribution < 1.29 is 4.74 Å². The van der Waals surface area contributed by atoms with Crippen molar-refractivity contribution in [1.82, 2.24) is 4.98 Å². The fraction of sp³-hybridized carbons (Fsp3) is 0.154. The summed E-state index contributed by atoms with van der Waals surface area (Å²) in [4.78, 5) is 4.15. The van der Waals surface area contributed by atoms with Crippen LogP contribution in [-0.2, 0) is 13.2 Å². The average molecular weight is 249 g/mol. The summed E-state index contributed by atoms with van der Waals surface area (Å²) in [7, 11) is 0. The number of nitrogens with two attached hydrogens (primary N) is 1. The highest BCUT2D eigenvalue weighted by atomic mass is 35.5. The van der Waals surface area contributed by atoms with Crippen molar-refractivity contribution >= 4 is 11.6 Å². The first-order chi connectivity index (χ1) is 8.29. The third-order valence-corrected chi connectivity index (χ3v) is 2.60. The van der Waals surface area contributed by atoms with Gasteiger partial charge in [0.05, 0.1) is 5.69 Å². The van der Waals surface area contributed by atoms with Gasteiger partial charge in [0.1, 0.15) is 12.4 Å². The van der Waals surface area contributed by atoms with Crippen molar-refractivity contribution in [3.05, 3.63) is 58.9 Å². The van der Waals surface area contributed by atoms with Crippen molar-refractivity contribution in [1.29, 1.82) is 0 Å². The number of rotatable bonds is 4. The van der Waals surface area contributed by atoms with Gasteiger partial charge in [-0.2, -0.15) is 0 Å². The normalized spacial score (nSPS) is 10.2. The van der Waals surface area contributed by atoms with E-state index in [2.05, 4.69) is 4.98 Å². The topological polar surface area (TPSA) is 48.1 Å². The Labute approximate surface area is 105 Å². The molecule has 3 nitrogen and oxygen atoms in total. The van der Waals surface area contributed by atoms with E-state index in [1.807, 2.05) is 36.4 Å². The monoisotopic (exact) mass is 248 g/mol. The molecule has 17 heavy (non-hydrogen) atoms. The van der Waals surface area contributed by atoms with Gasteiger partial charge < -0.3 is 10.5 Å². The lowest BCUT2D eigenvalue weighted by atomic mass is 10.2. The Morgan fingerprint density at radius 3 is 2.65 bits per heavy atom. The van der Waals surface area contributed by atoms with E-state index >= 15 is 0 Å². The van der Waals surface area contributed by atoms with Gasteiger partial charge in [-0.15, -0.1) is 0 Å². The maximum absolute atomic E-state index is 5.81. The minimum atomic E-state index is 0.372. The van der Waals surface area contributed by atoms with Crippen LogP contribution in [0.15, 0.2) is 42.6 Å². The number of pyridine rings is 1. The predicted molar refractivity (Wildman–Crippen MR) is 67.9 cm³/mol. The summed E-state index contributed by atoms with van der Waals surface area (Å²) >= 11 is 5.81. The molecule has 0 bridgehead atoms. The second kappa shape index (κ2) is 5.66. The summed E-state index contributed by atoms with van der Waals surface area (Å²) in [5.41, 5.74) is 7.40. The van der Waals surface area contributed by atoms with Crippen LogP contribution in [-0.4, -0.2) is 4.98 Å². The van der Waals surface area contributed by atoms with E-state index in [0.717, 1.165) is 22.0 Å². The Kier molecular flexibility index (Phi) is 3.96. The van der Waals surface area contributed by atoms with Gasteiger partial charge in [-0.3, -0.25) is 4.98 Å². The van der Waals surface area contributed by atoms with Gasteiger partial charge in [0.15, 0.2) is 0 Å². The number of ether oxygens (including phenoxy) is 1. The first-order valence-electron chi connectivity index (χ1n) is 5.31. The summed E-state index contributed by atoms with van der Waals surface area (Å²) < 4.78 is 5.67. The third-order valence-electron chi connectivity index (χ3n) is 2.35. The zero-order valence-electron chi connectivity index (χ0n) is 9.27. The summed E-state index contributed by atoms with van der Waals surface area (Å²) in [6.45, 7) is 0.854. The fourth-order valence-electron chi connectivity index (χ4n) is 1.45. The van der Waals surface area contributed by atoms with Crippen LogP contribution in [0.2, 0.25) is 5.02 Å². The number of hydrogen-bond donors (Lipinski definition) is 1. The minimum absolute atomic E-state index is 0.372. The molecule has 4 heteroatoms. The van der Waals surface area contributed by atoms with Crippen molar-refractivity contribution in [3.63, 3.8) is 0 Å². The Hall–Kier alpha value is -1.58. The van der Waals surface area contributed by atoms with E-state index in [1.54, 1.807) is 6.20 Å². The molecule has 0 aliphatic carbocycles. The maximum atomic E-state index is 5.81. The van der Waals surface area contributed by atoms with Crippen molar-refractivity contribution in [2.45, 2.75) is 13.2 Å². The summed E-state index contributed by atoms with van der Waals surface area (Å²) in [5, 5.41) is 0.720. The van der Waals surface area contributed by atoms with Crippen LogP contribution in [0, 0.1) is 0 Å². The molecule has 0 atom stereocenters. The quantitative estimate of drug-likeness (QED) is 0.905. The van der Waals surface area contributed by atoms with Crippen LogP contribution in [0.5, 0.6) is 5.75 Å².